The quantitative estimate of drug-likeness (QED) is 0.802. The highest BCUT2D eigenvalue weighted by Crippen LogP contribution is 2.33. The van der Waals surface area contributed by atoms with Crippen molar-refractivity contribution in [1.29, 1.82) is 0 Å². The lowest BCUT2D eigenvalue weighted by Gasteiger charge is -2.25. The number of aryl methyl sites for hydroxylation is 1. The molecule has 1 aromatic heterocycles. The van der Waals surface area contributed by atoms with E-state index in [1.54, 1.807) is 11.3 Å². The third-order valence-electron chi connectivity index (χ3n) is 4.67. The second-order valence-corrected chi connectivity index (χ2v) is 7.09. The third kappa shape index (κ3) is 2.79. The summed E-state index contributed by atoms with van der Waals surface area (Å²) in [5.74, 6) is -0.300. The number of likely N-dealkylation sites (N-methyl/N-ethyl adjacent to an activating group) is 1. The molecule has 0 saturated carbocycles. The third-order valence-corrected chi connectivity index (χ3v) is 5.70. The fourth-order valence-electron chi connectivity index (χ4n) is 3.39. The SMILES string of the molecule is CCOC(=O)c1nc(N2CCC3CCC(C2)N3C)sc1C. The molecule has 0 aliphatic carbocycles. The van der Waals surface area contributed by atoms with Gasteiger partial charge in [0.2, 0.25) is 0 Å². The van der Waals surface area contributed by atoms with Gasteiger partial charge in [0.25, 0.3) is 0 Å². The lowest BCUT2D eigenvalue weighted by Crippen LogP contribution is -2.36. The van der Waals surface area contributed by atoms with Crippen molar-refractivity contribution < 1.29 is 9.53 Å². The zero-order valence-corrected chi connectivity index (χ0v) is 13.8. The summed E-state index contributed by atoms with van der Waals surface area (Å²) in [7, 11) is 2.24. The summed E-state index contributed by atoms with van der Waals surface area (Å²) in [6.07, 6.45) is 3.77. The molecule has 2 atom stereocenters. The summed E-state index contributed by atoms with van der Waals surface area (Å²) < 4.78 is 5.08. The number of esters is 1. The minimum Gasteiger partial charge on any atom is -0.461 e. The Bertz CT molecular complexity index is 531. The molecule has 3 heterocycles. The molecule has 6 heteroatoms. The van der Waals surface area contributed by atoms with Gasteiger partial charge in [-0.25, -0.2) is 9.78 Å². The Labute approximate surface area is 129 Å². The number of carbonyl (C=O) groups excluding carboxylic acids is 1. The van der Waals surface area contributed by atoms with Gasteiger partial charge in [0.05, 0.1) is 6.61 Å². The fraction of sp³-hybridized carbons (Fsp3) is 0.733. The maximum Gasteiger partial charge on any atom is 0.358 e. The molecular formula is C15H23N3O2S. The van der Waals surface area contributed by atoms with Crippen LogP contribution in [0.1, 0.15) is 41.6 Å². The summed E-state index contributed by atoms with van der Waals surface area (Å²) in [5.41, 5.74) is 0.486. The Morgan fingerprint density at radius 1 is 1.38 bits per heavy atom. The molecule has 2 aliphatic heterocycles. The molecule has 2 bridgehead atoms. The van der Waals surface area contributed by atoms with E-state index in [0.717, 1.165) is 23.1 Å². The van der Waals surface area contributed by atoms with E-state index in [4.69, 9.17) is 4.74 Å². The summed E-state index contributed by atoms with van der Waals surface area (Å²) in [4.78, 5) is 22.3. The van der Waals surface area contributed by atoms with E-state index in [0.29, 0.717) is 24.4 Å². The smallest absolute Gasteiger partial charge is 0.358 e. The number of ether oxygens (including phenoxy) is 1. The van der Waals surface area contributed by atoms with Gasteiger partial charge in [-0.3, -0.25) is 4.90 Å². The first kappa shape index (κ1) is 14.8. The number of anilines is 1. The Morgan fingerprint density at radius 2 is 2.14 bits per heavy atom. The summed E-state index contributed by atoms with van der Waals surface area (Å²) in [6.45, 7) is 6.21. The van der Waals surface area contributed by atoms with Crippen LogP contribution in [-0.4, -0.2) is 54.7 Å². The lowest BCUT2D eigenvalue weighted by molar-refractivity contribution is 0.0519. The van der Waals surface area contributed by atoms with Crippen LogP contribution < -0.4 is 4.90 Å². The number of hydrogen-bond donors (Lipinski definition) is 0. The summed E-state index contributed by atoms with van der Waals surface area (Å²) >= 11 is 1.61. The molecule has 116 valence electrons. The summed E-state index contributed by atoms with van der Waals surface area (Å²) in [5, 5.41) is 0.969. The lowest BCUT2D eigenvalue weighted by atomic mass is 10.1. The molecular weight excluding hydrogens is 286 g/mol. The van der Waals surface area contributed by atoms with Crippen LogP contribution >= 0.6 is 11.3 Å². The van der Waals surface area contributed by atoms with E-state index < -0.39 is 0 Å². The van der Waals surface area contributed by atoms with Crippen LogP contribution in [0.4, 0.5) is 5.13 Å². The van der Waals surface area contributed by atoms with Gasteiger partial charge in [-0.2, -0.15) is 0 Å². The first-order valence-corrected chi connectivity index (χ1v) is 8.53. The molecule has 5 nitrogen and oxygen atoms in total. The van der Waals surface area contributed by atoms with Crippen LogP contribution in [0.15, 0.2) is 0 Å². The Balaban J connectivity index is 1.78. The van der Waals surface area contributed by atoms with E-state index in [1.165, 1.54) is 19.3 Å². The average molecular weight is 309 g/mol. The maximum absolute atomic E-state index is 11.9. The van der Waals surface area contributed by atoms with Gasteiger partial charge in [0.15, 0.2) is 10.8 Å². The molecule has 0 N–H and O–H groups in total. The van der Waals surface area contributed by atoms with Crippen LogP contribution in [0.3, 0.4) is 0 Å². The standard InChI is InChI=1S/C15H23N3O2S/c1-4-20-14(19)13-10(2)21-15(16-13)18-8-7-11-5-6-12(9-18)17(11)3/h11-12H,4-9H2,1-3H3. The molecule has 0 amide bonds. The van der Waals surface area contributed by atoms with E-state index in [-0.39, 0.29) is 5.97 Å². The molecule has 21 heavy (non-hydrogen) atoms. The van der Waals surface area contributed by atoms with Crippen molar-refractivity contribution in [2.24, 2.45) is 0 Å². The van der Waals surface area contributed by atoms with Crippen molar-refractivity contribution in [2.75, 3.05) is 31.6 Å². The van der Waals surface area contributed by atoms with Crippen LogP contribution in [0, 0.1) is 6.92 Å². The van der Waals surface area contributed by atoms with Gasteiger partial charge < -0.3 is 9.64 Å². The topological polar surface area (TPSA) is 45.7 Å². The molecule has 2 fully saturated rings. The van der Waals surface area contributed by atoms with Crippen LogP contribution in [-0.2, 0) is 4.74 Å². The number of hydrogen-bond acceptors (Lipinski definition) is 6. The summed E-state index contributed by atoms with van der Waals surface area (Å²) in [6, 6.07) is 1.33. The molecule has 3 rings (SSSR count). The second-order valence-electron chi connectivity index (χ2n) is 5.91. The number of rotatable bonds is 3. The molecule has 0 spiro atoms. The van der Waals surface area contributed by atoms with Crippen molar-refractivity contribution in [1.82, 2.24) is 9.88 Å². The zero-order valence-electron chi connectivity index (χ0n) is 13.0. The molecule has 0 aromatic carbocycles. The fourth-order valence-corrected chi connectivity index (χ4v) is 4.32. The van der Waals surface area contributed by atoms with Crippen molar-refractivity contribution in [2.45, 2.75) is 45.2 Å². The normalized spacial score (nSPS) is 26.0. The first-order valence-electron chi connectivity index (χ1n) is 7.71. The van der Waals surface area contributed by atoms with Crippen molar-refractivity contribution >= 4 is 22.4 Å². The Morgan fingerprint density at radius 3 is 2.90 bits per heavy atom. The molecule has 2 saturated heterocycles. The number of aromatic nitrogens is 1. The van der Waals surface area contributed by atoms with Crippen molar-refractivity contribution in [3.05, 3.63) is 10.6 Å². The van der Waals surface area contributed by atoms with E-state index >= 15 is 0 Å². The van der Waals surface area contributed by atoms with Gasteiger partial charge >= 0.3 is 5.97 Å². The highest BCUT2D eigenvalue weighted by molar-refractivity contribution is 7.15. The number of nitrogens with zero attached hydrogens (tertiary/aromatic N) is 3. The van der Waals surface area contributed by atoms with Gasteiger partial charge in [-0.1, -0.05) is 0 Å². The number of thiazole rings is 1. The minimum absolute atomic E-state index is 0.300. The largest absolute Gasteiger partial charge is 0.461 e. The van der Waals surface area contributed by atoms with Crippen molar-refractivity contribution in [3.63, 3.8) is 0 Å². The highest BCUT2D eigenvalue weighted by atomic mass is 32.1. The van der Waals surface area contributed by atoms with Crippen LogP contribution in [0.25, 0.3) is 0 Å². The number of fused-ring (bicyclic) bond motifs is 2. The van der Waals surface area contributed by atoms with Gasteiger partial charge in [-0.05, 0) is 40.2 Å². The molecule has 0 radical (unpaired) electrons. The monoisotopic (exact) mass is 309 g/mol. The predicted molar refractivity (Wildman–Crippen MR) is 84.2 cm³/mol. The zero-order chi connectivity index (χ0) is 15.0. The molecule has 1 aromatic rings. The Hall–Kier alpha value is -1.14. The van der Waals surface area contributed by atoms with E-state index in [2.05, 4.69) is 21.8 Å². The Kier molecular flexibility index (Phi) is 4.17. The molecule has 2 unspecified atom stereocenters. The maximum atomic E-state index is 11.9. The van der Waals surface area contributed by atoms with E-state index in [1.807, 2.05) is 13.8 Å². The first-order chi connectivity index (χ1) is 10.1. The minimum atomic E-state index is -0.300. The van der Waals surface area contributed by atoms with Crippen LogP contribution in [0.5, 0.6) is 0 Å². The van der Waals surface area contributed by atoms with E-state index in [9.17, 15) is 4.79 Å². The average Bonchev–Trinajstić information content (AvgIpc) is 2.91. The predicted octanol–water partition coefficient (Wildman–Crippen LogP) is 2.30. The molecule has 2 aliphatic rings. The van der Waals surface area contributed by atoms with Crippen molar-refractivity contribution in [3.8, 4) is 0 Å². The number of carbonyl (C=O) groups is 1. The van der Waals surface area contributed by atoms with Gasteiger partial charge in [0.1, 0.15) is 0 Å². The van der Waals surface area contributed by atoms with Gasteiger partial charge in [0, 0.05) is 30.1 Å². The van der Waals surface area contributed by atoms with Gasteiger partial charge in [-0.15, -0.1) is 11.3 Å². The second kappa shape index (κ2) is 5.93. The highest BCUT2D eigenvalue weighted by Gasteiger charge is 2.35. The van der Waals surface area contributed by atoms with Crippen LogP contribution in [0.2, 0.25) is 0 Å².